The van der Waals surface area contributed by atoms with Gasteiger partial charge < -0.3 is 10.4 Å². The SMILES string of the molecule is Cc1ccc(C(=O)O)c(Nc2ccc(I)cc2Cl)c1C. The zero-order chi connectivity index (χ0) is 14.9. The Hall–Kier alpha value is -1.27. The number of carboxylic acid groups (broad SMARTS) is 1. The van der Waals surface area contributed by atoms with Gasteiger partial charge in [0.1, 0.15) is 0 Å². The number of aromatic carboxylic acids is 1. The normalized spacial score (nSPS) is 10.4. The molecule has 0 saturated heterocycles. The number of halogens is 2. The molecule has 104 valence electrons. The first-order chi connectivity index (χ1) is 9.40. The van der Waals surface area contributed by atoms with Crippen molar-refractivity contribution in [3.8, 4) is 0 Å². The maximum Gasteiger partial charge on any atom is 0.337 e. The van der Waals surface area contributed by atoms with Crippen LogP contribution in [0.4, 0.5) is 11.4 Å². The summed E-state index contributed by atoms with van der Waals surface area (Å²) in [5, 5.41) is 13.0. The Morgan fingerprint density at radius 1 is 1.25 bits per heavy atom. The average Bonchev–Trinajstić information content (AvgIpc) is 2.37. The summed E-state index contributed by atoms with van der Waals surface area (Å²) in [6.07, 6.45) is 0. The van der Waals surface area contributed by atoms with E-state index in [-0.39, 0.29) is 5.56 Å². The van der Waals surface area contributed by atoms with E-state index in [9.17, 15) is 9.90 Å². The molecule has 0 spiro atoms. The molecule has 2 aromatic rings. The molecular formula is C15H13ClINO2. The second-order valence-corrected chi connectivity index (χ2v) is 6.14. The third-order valence-electron chi connectivity index (χ3n) is 3.16. The Kier molecular flexibility index (Phi) is 4.55. The van der Waals surface area contributed by atoms with Crippen molar-refractivity contribution in [3.63, 3.8) is 0 Å². The lowest BCUT2D eigenvalue weighted by atomic mass is 10.0. The van der Waals surface area contributed by atoms with Crippen LogP contribution in [-0.4, -0.2) is 11.1 Å². The van der Waals surface area contributed by atoms with E-state index in [0.717, 1.165) is 14.7 Å². The fourth-order valence-corrected chi connectivity index (χ4v) is 2.78. The standard InChI is InChI=1S/C15H13ClINO2/c1-8-3-5-11(15(19)20)14(9(8)2)18-13-6-4-10(17)7-12(13)16/h3-7,18H,1-2H3,(H,19,20). The Morgan fingerprint density at radius 3 is 2.55 bits per heavy atom. The van der Waals surface area contributed by atoms with E-state index >= 15 is 0 Å². The number of benzene rings is 2. The van der Waals surface area contributed by atoms with Gasteiger partial charge in [0.2, 0.25) is 0 Å². The number of carbonyl (C=O) groups is 1. The molecule has 0 aliphatic carbocycles. The minimum Gasteiger partial charge on any atom is -0.478 e. The number of anilines is 2. The third-order valence-corrected chi connectivity index (χ3v) is 4.14. The summed E-state index contributed by atoms with van der Waals surface area (Å²) in [4.78, 5) is 11.3. The van der Waals surface area contributed by atoms with Gasteiger partial charge in [-0.05, 0) is 71.8 Å². The lowest BCUT2D eigenvalue weighted by Gasteiger charge is -2.15. The van der Waals surface area contributed by atoms with E-state index in [2.05, 4.69) is 27.9 Å². The summed E-state index contributed by atoms with van der Waals surface area (Å²) < 4.78 is 1.03. The van der Waals surface area contributed by atoms with Gasteiger partial charge >= 0.3 is 5.97 Å². The van der Waals surface area contributed by atoms with Crippen LogP contribution in [0.1, 0.15) is 21.5 Å². The molecule has 5 heteroatoms. The molecule has 0 heterocycles. The van der Waals surface area contributed by atoms with E-state index in [1.165, 1.54) is 0 Å². The molecule has 0 aliphatic heterocycles. The van der Waals surface area contributed by atoms with Crippen molar-refractivity contribution in [2.24, 2.45) is 0 Å². The van der Waals surface area contributed by atoms with Gasteiger partial charge in [-0.3, -0.25) is 0 Å². The monoisotopic (exact) mass is 401 g/mol. The maximum absolute atomic E-state index is 11.3. The van der Waals surface area contributed by atoms with Crippen LogP contribution in [0.3, 0.4) is 0 Å². The Balaban J connectivity index is 2.52. The van der Waals surface area contributed by atoms with Crippen LogP contribution in [0.15, 0.2) is 30.3 Å². The zero-order valence-electron chi connectivity index (χ0n) is 11.0. The van der Waals surface area contributed by atoms with Gasteiger partial charge in [-0.2, -0.15) is 0 Å². The highest BCUT2D eigenvalue weighted by Gasteiger charge is 2.15. The highest BCUT2D eigenvalue weighted by Crippen LogP contribution is 2.31. The summed E-state index contributed by atoms with van der Waals surface area (Å²) in [6, 6.07) is 9.00. The van der Waals surface area contributed by atoms with Crippen LogP contribution < -0.4 is 5.32 Å². The molecule has 2 rings (SSSR count). The Bertz CT molecular complexity index is 686. The molecule has 0 aliphatic rings. The minimum absolute atomic E-state index is 0.239. The van der Waals surface area contributed by atoms with Gasteiger partial charge in [0, 0.05) is 3.57 Å². The second-order valence-electron chi connectivity index (χ2n) is 4.48. The molecule has 0 radical (unpaired) electrons. The number of hydrogen-bond acceptors (Lipinski definition) is 2. The maximum atomic E-state index is 11.3. The molecule has 20 heavy (non-hydrogen) atoms. The predicted octanol–water partition coefficient (Wildman–Crippen LogP) is 5.00. The molecular weight excluding hydrogens is 389 g/mol. The summed E-state index contributed by atoms with van der Waals surface area (Å²) >= 11 is 8.36. The van der Waals surface area contributed by atoms with Gasteiger partial charge in [-0.15, -0.1) is 0 Å². The number of carboxylic acids is 1. The quantitative estimate of drug-likeness (QED) is 0.711. The van der Waals surface area contributed by atoms with E-state index in [1.54, 1.807) is 12.1 Å². The van der Waals surface area contributed by atoms with Gasteiger partial charge in [-0.1, -0.05) is 17.7 Å². The summed E-state index contributed by atoms with van der Waals surface area (Å²) in [7, 11) is 0. The van der Waals surface area contributed by atoms with Crippen LogP contribution >= 0.6 is 34.2 Å². The predicted molar refractivity (Wildman–Crippen MR) is 90.3 cm³/mol. The lowest BCUT2D eigenvalue weighted by Crippen LogP contribution is -2.06. The fourth-order valence-electron chi connectivity index (χ4n) is 1.88. The molecule has 2 aromatic carbocycles. The molecule has 0 amide bonds. The zero-order valence-corrected chi connectivity index (χ0v) is 13.9. The molecule has 0 saturated carbocycles. The largest absolute Gasteiger partial charge is 0.478 e. The van der Waals surface area contributed by atoms with Crippen molar-refractivity contribution in [3.05, 3.63) is 55.6 Å². The minimum atomic E-state index is -0.961. The van der Waals surface area contributed by atoms with Gasteiger partial charge in [0.15, 0.2) is 0 Å². The average molecular weight is 402 g/mol. The second kappa shape index (κ2) is 6.01. The molecule has 3 nitrogen and oxygen atoms in total. The molecule has 2 N–H and O–H groups in total. The van der Waals surface area contributed by atoms with Crippen molar-refractivity contribution in [2.45, 2.75) is 13.8 Å². The van der Waals surface area contributed by atoms with Crippen LogP contribution in [0.2, 0.25) is 5.02 Å². The highest BCUT2D eigenvalue weighted by molar-refractivity contribution is 14.1. The van der Waals surface area contributed by atoms with Crippen molar-refractivity contribution in [1.82, 2.24) is 0 Å². The van der Waals surface area contributed by atoms with E-state index in [1.807, 2.05) is 32.0 Å². The molecule has 0 fully saturated rings. The number of rotatable bonds is 3. The van der Waals surface area contributed by atoms with Crippen LogP contribution in [0, 0.1) is 17.4 Å². The molecule has 0 unspecified atom stereocenters. The van der Waals surface area contributed by atoms with Crippen LogP contribution in [-0.2, 0) is 0 Å². The Labute approximate surface area is 136 Å². The van der Waals surface area contributed by atoms with Gasteiger partial charge in [0.05, 0.1) is 22.0 Å². The first-order valence-corrected chi connectivity index (χ1v) is 7.41. The van der Waals surface area contributed by atoms with E-state index in [0.29, 0.717) is 16.4 Å². The van der Waals surface area contributed by atoms with Crippen molar-refractivity contribution in [2.75, 3.05) is 5.32 Å². The first-order valence-electron chi connectivity index (χ1n) is 5.95. The number of nitrogens with one attached hydrogen (secondary N) is 1. The van der Waals surface area contributed by atoms with Crippen molar-refractivity contribution in [1.29, 1.82) is 0 Å². The van der Waals surface area contributed by atoms with E-state index < -0.39 is 5.97 Å². The molecule has 0 bridgehead atoms. The highest BCUT2D eigenvalue weighted by atomic mass is 127. The summed E-state index contributed by atoms with van der Waals surface area (Å²) in [5.74, 6) is -0.961. The van der Waals surface area contributed by atoms with Crippen molar-refractivity contribution < 1.29 is 9.90 Å². The Morgan fingerprint density at radius 2 is 1.95 bits per heavy atom. The van der Waals surface area contributed by atoms with Crippen LogP contribution in [0.5, 0.6) is 0 Å². The third kappa shape index (κ3) is 3.07. The molecule has 0 atom stereocenters. The lowest BCUT2D eigenvalue weighted by molar-refractivity contribution is 0.0698. The number of aryl methyl sites for hydroxylation is 1. The summed E-state index contributed by atoms with van der Waals surface area (Å²) in [6.45, 7) is 3.84. The van der Waals surface area contributed by atoms with E-state index in [4.69, 9.17) is 11.6 Å². The fraction of sp³-hybridized carbons (Fsp3) is 0.133. The first kappa shape index (κ1) is 15.1. The summed E-state index contributed by atoms with van der Waals surface area (Å²) in [5.41, 5.74) is 3.45. The van der Waals surface area contributed by atoms with Crippen molar-refractivity contribution >= 4 is 51.5 Å². The molecule has 0 aromatic heterocycles. The number of hydrogen-bond donors (Lipinski definition) is 2. The topological polar surface area (TPSA) is 49.3 Å². The van der Waals surface area contributed by atoms with Crippen LogP contribution in [0.25, 0.3) is 0 Å². The van der Waals surface area contributed by atoms with Gasteiger partial charge in [0.25, 0.3) is 0 Å². The van der Waals surface area contributed by atoms with Gasteiger partial charge in [-0.25, -0.2) is 4.79 Å². The smallest absolute Gasteiger partial charge is 0.337 e.